The van der Waals surface area contributed by atoms with Crippen LogP contribution < -0.4 is 10.4 Å². The predicted octanol–water partition coefficient (Wildman–Crippen LogP) is 0.449. The van der Waals surface area contributed by atoms with Crippen molar-refractivity contribution in [1.82, 2.24) is 0 Å². The molecule has 1 rings (SSSR count). The Kier molecular flexibility index (Phi) is 2.50. The molecule has 0 aromatic carbocycles. The Morgan fingerprint density at radius 2 is 2.33 bits per heavy atom. The quantitative estimate of drug-likeness (QED) is 0.700. The van der Waals surface area contributed by atoms with Crippen molar-refractivity contribution in [3.8, 4) is 5.75 Å². The van der Waals surface area contributed by atoms with Gasteiger partial charge in [0.1, 0.15) is 18.1 Å². The first-order valence-electron chi connectivity index (χ1n) is 3.47. The topological polar surface area (TPSA) is 59.7 Å². The SMILES string of the molecule is COc1cc(CO)oc(=O)c1C. The van der Waals surface area contributed by atoms with Crippen molar-refractivity contribution in [2.75, 3.05) is 7.11 Å². The van der Waals surface area contributed by atoms with Gasteiger partial charge in [0.15, 0.2) is 0 Å². The third kappa shape index (κ3) is 1.48. The van der Waals surface area contributed by atoms with Crippen molar-refractivity contribution in [3.05, 3.63) is 27.8 Å². The minimum Gasteiger partial charge on any atom is -0.496 e. The average Bonchev–Trinajstić information content (AvgIpc) is 2.09. The van der Waals surface area contributed by atoms with Crippen molar-refractivity contribution in [2.24, 2.45) is 0 Å². The van der Waals surface area contributed by atoms with Gasteiger partial charge in [0, 0.05) is 6.07 Å². The highest BCUT2D eigenvalue weighted by molar-refractivity contribution is 5.29. The molecule has 0 amide bonds. The minimum absolute atomic E-state index is 0.211. The molecule has 1 heterocycles. The van der Waals surface area contributed by atoms with Gasteiger partial charge in [0.25, 0.3) is 0 Å². The second-order valence-corrected chi connectivity index (χ2v) is 2.35. The van der Waals surface area contributed by atoms with E-state index in [0.717, 1.165) is 0 Å². The van der Waals surface area contributed by atoms with Gasteiger partial charge < -0.3 is 14.3 Å². The van der Waals surface area contributed by atoms with Gasteiger partial charge in [-0.25, -0.2) is 4.79 Å². The monoisotopic (exact) mass is 170 g/mol. The number of hydrogen-bond acceptors (Lipinski definition) is 4. The Bertz CT molecular complexity index is 326. The van der Waals surface area contributed by atoms with Crippen LogP contribution in [0.1, 0.15) is 11.3 Å². The van der Waals surface area contributed by atoms with Crippen molar-refractivity contribution >= 4 is 0 Å². The maximum Gasteiger partial charge on any atom is 0.342 e. The third-order valence-electron chi connectivity index (χ3n) is 1.57. The number of aliphatic hydroxyl groups is 1. The van der Waals surface area contributed by atoms with Gasteiger partial charge >= 0.3 is 5.63 Å². The van der Waals surface area contributed by atoms with E-state index in [1.165, 1.54) is 13.2 Å². The number of hydrogen-bond donors (Lipinski definition) is 1. The molecule has 1 aromatic rings. The lowest BCUT2D eigenvalue weighted by Crippen LogP contribution is -2.07. The second kappa shape index (κ2) is 3.40. The van der Waals surface area contributed by atoms with E-state index in [1.54, 1.807) is 6.92 Å². The number of ether oxygens (including phenoxy) is 1. The van der Waals surface area contributed by atoms with Crippen molar-refractivity contribution in [3.63, 3.8) is 0 Å². The molecule has 0 bridgehead atoms. The summed E-state index contributed by atoms with van der Waals surface area (Å²) in [5, 5.41) is 8.68. The fraction of sp³-hybridized carbons (Fsp3) is 0.375. The summed E-state index contributed by atoms with van der Waals surface area (Å²) in [7, 11) is 1.46. The number of rotatable bonds is 2. The summed E-state index contributed by atoms with van der Waals surface area (Å²) in [5.74, 6) is 0.651. The number of methoxy groups -OCH3 is 1. The molecule has 0 spiro atoms. The summed E-state index contributed by atoms with van der Waals surface area (Å²) < 4.78 is 9.61. The lowest BCUT2D eigenvalue weighted by molar-refractivity contribution is 0.237. The van der Waals surface area contributed by atoms with E-state index >= 15 is 0 Å². The molecule has 1 N–H and O–H groups in total. The second-order valence-electron chi connectivity index (χ2n) is 2.35. The molecule has 66 valence electrons. The van der Waals surface area contributed by atoms with E-state index in [0.29, 0.717) is 11.3 Å². The first kappa shape index (κ1) is 8.80. The van der Waals surface area contributed by atoms with Crippen LogP contribution in [0.15, 0.2) is 15.3 Å². The van der Waals surface area contributed by atoms with E-state index in [9.17, 15) is 4.79 Å². The summed E-state index contributed by atoms with van der Waals surface area (Å²) in [6.07, 6.45) is 0. The zero-order chi connectivity index (χ0) is 9.14. The standard InChI is InChI=1S/C8H10O4/c1-5-7(11-2)3-6(4-9)12-8(5)10/h3,9H,4H2,1-2H3. The Morgan fingerprint density at radius 3 is 2.83 bits per heavy atom. The zero-order valence-corrected chi connectivity index (χ0v) is 6.96. The molecule has 0 saturated heterocycles. The molecule has 0 unspecified atom stereocenters. The third-order valence-corrected chi connectivity index (χ3v) is 1.57. The van der Waals surface area contributed by atoms with E-state index in [1.807, 2.05) is 0 Å². The van der Waals surface area contributed by atoms with Crippen molar-refractivity contribution < 1.29 is 14.3 Å². The molecule has 0 saturated carbocycles. The normalized spacial score (nSPS) is 9.92. The Balaban J connectivity index is 3.29. The van der Waals surface area contributed by atoms with Crippen molar-refractivity contribution in [2.45, 2.75) is 13.5 Å². The number of aliphatic hydroxyl groups excluding tert-OH is 1. The van der Waals surface area contributed by atoms with Crippen LogP contribution in [0.2, 0.25) is 0 Å². The fourth-order valence-corrected chi connectivity index (χ4v) is 0.870. The van der Waals surface area contributed by atoms with Crippen LogP contribution in [-0.2, 0) is 6.61 Å². The van der Waals surface area contributed by atoms with Gasteiger partial charge in [-0.15, -0.1) is 0 Å². The molecular weight excluding hydrogens is 160 g/mol. The molecule has 4 heteroatoms. The predicted molar refractivity (Wildman–Crippen MR) is 42.2 cm³/mol. The minimum atomic E-state index is -0.474. The van der Waals surface area contributed by atoms with Crippen molar-refractivity contribution in [1.29, 1.82) is 0 Å². The molecule has 0 fully saturated rings. The molecule has 12 heavy (non-hydrogen) atoms. The van der Waals surface area contributed by atoms with Crippen LogP contribution in [0.25, 0.3) is 0 Å². The molecule has 1 aromatic heterocycles. The van der Waals surface area contributed by atoms with Crippen LogP contribution in [0, 0.1) is 6.92 Å². The van der Waals surface area contributed by atoms with Crippen LogP contribution in [0.3, 0.4) is 0 Å². The highest BCUT2D eigenvalue weighted by Crippen LogP contribution is 2.14. The van der Waals surface area contributed by atoms with Gasteiger partial charge in [-0.3, -0.25) is 0 Å². The molecule has 0 aliphatic heterocycles. The van der Waals surface area contributed by atoms with E-state index in [2.05, 4.69) is 0 Å². The molecule has 0 aliphatic rings. The summed E-state index contributed by atoms with van der Waals surface area (Å²) in [5.41, 5.74) is -0.0619. The van der Waals surface area contributed by atoms with Gasteiger partial charge in [-0.2, -0.15) is 0 Å². The summed E-state index contributed by atoms with van der Waals surface area (Å²) in [6.45, 7) is 1.30. The zero-order valence-electron chi connectivity index (χ0n) is 6.96. The van der Waals surface area contributed by atoms with Gasteiger partial charge in [-0.1, -0.05) is 0 Å². The fourth-order valence-electron chi connectivity index (χ4n) is 0.870. The molecule has 0 radical (unpaired) electrons. The lowest BCUT2D eigenvalue weighted by atomic mass is 10.3. The Labute approximate surface area is 69.4 Å². The largest absolute Gasteiger partial charge is 0.496 e. The van der Waals surface area contributed by atoms with E-state index in [4.69, 9.17) is 14.3 Å². The molecule has 0 aliphatic carbocycles. The maximum atomic E-state index is 11.0. The van der Waals surface area contributed by atoms with Crippen LogP contribution >= 0.6 is 0 Å². The average molecular weight is 170 g/mol. The molecule has 0 atom stereocenters. The maximum absolute atomic E-state index is 11.0. The highest BCUT2D eigenvalue weighted by Gasteiger charge is 2.06. The molecule has 4 nitrogen and oxygen atoms in total. The molecular formula is C8H10O4. The summed E-state index contributed by atoms with van der Waals surface area (Å²) in [6, 6.07) is 1.50. The Hall–Kier alpha value is -1.29. The van der Waals surface area contributed by atoms with Crippen LogP contribution in [0.5, 0.6) is 5.75 Å². The smallest absolute Gasteiger partial charge is 0.342 e. The Morgan fingerprint density at radius 1 is 1.67 bits per heavy atom. The van der Waals surface area contributed by atoms with Gasteiger partial charge in [0.05, 0.1) is 12.7 Å². The summed E-state index contributed by atoms with van der Waals surface area (Å²) in [4.78, 5) is 11.0. The van der Waals surface area contributed by atoms with E-state index < -0.39 is 5.63 Å². The summed E-state index contributed by atoms with van der Waals surface area (Å²) >= 11 is 0. The lowest BCUT2D eigenvalue weighted by Gasteiger charge is -2.03. The van der Waals surface area contributed by atoms with Crippen LogP contribution in [-0.4, -0.2) is 12.2 Å². The van der Waals surface area contributed by atoms with Gasteiger partial charge in [0.2, 0.25) is 0 Å². The first-order chi connectivity index (χ1) is 5.69. The highest BCUT2D eigenvalue weighted by atomic mass is 16.5. The van der Waals surface area contributed by atoms with Crippen LogP contribution in [0.4, 0.5) is 0 Å². The van der Waals surface area contributed by atoms with E-state index in [-0.39, 0.29) is 12.4 Å². The van der Waals surface area contributed by atoms with Gasteiger partial charge in [-0.05, 0) is 6.92 Å². The first-order valence-corrected chi connectivity index (χ1v) is 3.47.